The van der Waals surface area contributed by atoms with Crippen LogP contribution in [0.4, 0.5) is 0 Å². The van der Waals surface area contributed by atoms with Crippen LogP contribution in [0.15, 0.2) is 48.9 Å². The molecule has 0 spiro atoms. The molecule has 29 heavy (non-hydrogen) atoms. The first-order valence-corrected chi connectivity index (χ1v) is 10.0. The molecule has 1 unspecified atom stereocenters. The lowest BCUT2D eigenvalue weighted by Gasteiger charge is -2.32. The third-order valence-corrected chi connectivity index (χ3v) is 5.27. The van der Waals surface area contributed by atoms with Gasteiger partial charge in [-0.1, -0.05) is 25.1 Å². The zero-order valence-electron chi connectivity index (χ0n) is 16.8. The van der Waals surface area contributed by atoms with Crippen molar-refractivity contribution >= 4 is 5.91 Å². The maximum atomic E-state index is 13.1. The largest absolute Gasteiger partial charge is 0.458 e. The lowest BCUT2D eigenvalue weighted by molar-refractivity contribution is 0.0515. The predicted molar refractivity (Wildman–Crippen MR) is 109 cm³/mol. The van der Waals surface area contributed by atoms with E-state index in [1.54, 1.807) is 23.3 Å². The number of likely N-dealkylation sites (tertiary alicyclic amines) is 1. The highest BCUT2D eigenvalue weighted by molar-refractivity contribution is 5.95. The minimum atomic E-state index is -0.107. The molecular weight excluding hydrogens is 366 g/mol. The van der Waals surface area contributed by atoms with Gasteiger partial charge in [-0.15, -0.1) is 0 Å². The fourth-order valence-electron chi connectivity index (χ4n) is 3.57. The zero-order valence-corrected chi connectivity index (χ0v) is 16.8. The van der Waals surface area contributed by atoms with Crippen molar-refractivity contribution in [3.05, 3.63) is 65.7 Å². The fraction of sp³-hybridized carbons (Fsp3) is 0.364. The van der Waals surface area contributed by atoms with E-state index < -0.39 is 0 Å². The molecule has 1 aliphatic rings. The molecule has 1 atom stereocenters. The number of ether oxygens (including phenoxy) is 1. The highest BCUT2D eigenvalue weighted by Gasteiger charge is 2.28. The van der Waals surface area contributed by atoms with Crippen molar-refractivity contribution in [3.63, 3.8) is 0 Å². The summed E-state index contributed by atoms with van der Waals surface area (Å²) in [7, 11) is 0. The Morgan fingerprint density at radius 3 is 2.66 bits per heavy atom. The molecule has 1 amide bonds. The Morgan fingerprint density at radius 2 is 1.93 bits per heavy atom. The quantitative estimate of drug-likeness (QED) is 0.668. The number of nitrogens with zero attached hydrogens (tertiary/aromatic N) is 5. The van der Waals surface area contributed by atoms with Gasteiger partial charge in [0, 0.05) is 18.9 Å². The molecule has 7 heteroatoms. The number of carbonyl (C=O) groups is 1. The number of piperidine rings is 1. The maximum absolute atomic E-state index is 13.1. The van der Waals surface area contributed by atoms with Crippen molar-refractivity contribution < 1.29 is 9.53 Å². The summed E-state index contributed by atoms with van der Waals surface area (Å²) in [6, 6.07) is 10.2. The minimum absolute atomic E-state index is 0.0137. The van der Waals surface area contributed by atoms with E-state index in [4.69, 9.17) is 4.74 Å². The second-order valence-electron chi connectivity index (χ2n) is 7.25. The molecule has 0 saturated carbocycles. The SMILES string of the molecule is CCc1cnc(OC2CCCN(C(=O)c3cnn(-c4ccccc4)c3C)C2)nc1. The Balaban J connectivity index is 1.45. The average Bonchev–Trinajstić information content (AvgIpc) is 3.16. The fourth-order valence-corrected chi connectivity index (χ4v) is 3.57. The van der Waals surface area contributed by atoms with Crippen LogP contribution >= 0.6 is 0 Å². The molecule has 0 bridgehead atoms. The van der Waals surface area contributed by atoms with Gasteiger partial charge in [0.05, 0.1) is 29.7 Å². The van der Waals surface area contributed by atoms with Crippen LogP contribution in [0.3, 0.4) is 0 Å². The van der Waals surface area contributed by atoms with Crippen molar-refractivity contribution in [1.29, 1.82) is 0 Å². The molecule has 4 rings (SSSR count). The molecule has 1 aliphatic heterocycles. The van der Waals surface area contributed by atoms with E-state index >= 15 is 0 Å². The van der Waals surface area contributed by atoms with E-state index in [2.05, 4.69) is 22.0 Å². The number of aromatic nitrogens is 4. The second-order valence-corrected chi connectivity index (χ2v) is 7.25. The van der Waals surface area contributed by atoms with Gasteiger partial charge in [-0.3, -0.25) is 4.79 Å². The summed E-state index contributed by atoms with van der Waals surface area (Å²) in [5.74, 6) is -0.0137. The molecule has 1 aromatic carbocycles. The predicted octanol–water partition coefficient (Wildman–Crippen LogP) is 3.22. The molecule has 150 valence electrons. The Hall–Kier alpha value is -3.22. The Morgan fingerprint density at radius 1 is 1.17 bits per heavy atom. The van der Waals surface area contributed by atoms with E-state index in [9.17, 15) is 4.79 Å². The van der Waals surface area contributed by atoms with Gasteiger partial charge in [-0.25, -0.2) is 14.6 Å². The molecule has 0 radical (unpaired) electrons. The van der Waals surface area contributed by atoms with Crippen LogP contribution in [-0.2, 0) is 6.42 Å². The number of benzene rings is 1. The summed E-state index contributed by atoms with van der Waals surface area (Å²) in [5, 5.41) is 4.42. The molecular formula is C22H25N5O2. The highest BCUT2D eigenvalue weighted by Crippen LogP contribution is 2.20. The van der Waals surface area contributed by atoms with Crippen molar-refractivity contribution in [2.45, 2.75) is 39.2 Å². The topological polar surface area (TPSA) is 73.1 Å². The van der Waals surface area contributed by atoms with Gasteiger partial charge in [-0.05, 0) is 43.9 Å². The molecule has 3 heterocycles. The normalized spacial score (nSPS) is 16.6. The number of carbonyl (C=O) groups excluding carboxylic acids is 1. The molecule has 1 fully saturated rings. The van der Waals surface area contributed by atoms with Crippen LogP contribution < -0.4 is 4.74 Å². The second kappa shape index (κ2) is 8.43. The number of hydrogen-bond donors (Lipinski definition) is 0. The van der Waals surface area contributed by atoms with Crippen LogP contribution in [0.25, 0.3) is 5.69 Å². The Bertz CT molecular complexity index is 969. The zero-order chi connectivity index (χ0) is 20.2. The van der Waals surface area contributed by atoms with Gasteiger partial charge < -0.3 is 9.64 Å². The van der Waals surface area contributed by atoms with Gasteiger partial charge in [0.15, 0.2) is 0 Å². The van der Waals surface area contributed by atoms with Gasteiger partial charge in [-0.2, -0.15) is 5.10 Å². The lowest BCUT2D eigenvalue weighted by Crippen LogP contribution is -2.44. The molecule has 0 aliphatic carbocycles. The van der Waals surface area contributed by atoms with Crippen LogP contribution in [-0.4, -0.2) is 49.7 Å². The van der Waals surface area contributed by atoms with Gasteiger partial charge >= 0.3 is 6.01 Å². The maximum Gasteiger partial charge on any atom is 0.316 e. The van der Waals surface area contributed by atoms with Crippen molar-refractivity contribution in [2.75, 3.05) is 13.1 Å². The highest BCUT2D eigenvalue weighted by atomic mass is 16.5. The number of para-hydroxylation sites is 1. The summed E-state index contributed by atoms with van der Waals surface area (Å²) in [6.07, 6.45) is 7.78. The first-order valence-electron chi connectivity index (χ1n) is 10.0. The van der Waals surface area contributed by atoms with E-state index in [1.165, 1.54) is 0 Å². The first kappa shape index (κ1) is 19.1. The monoisotopic (exact) mass is 391 g/mol. The van der Waals surface area contributed by atoms with Crippen LogP contribution in [0.2, 0.25) is 0 Å². The van der Waals surface area contributed by atoms with Crippen molar-refractivity contribution in [2.24, 2.45) is 0 Å². The average molecular weight is 391 g/mol. The number of hydrogen-bond acceptors (Lipinski definition) is 5. The minimum Gasteiger partial charge on any atom is -0.458 e. The molecule has 3 aromatic rings. The number of amides is 1. The molecule has 1 saturated heterocycles. The van der Waals surface area contributed by atoms with Crippen molar-refractivity contribution in [3.8, 4) is 11.7 Å². The van der Waals surface area contributed by atoms with Crippen molar-refractivity contribution in [1.82, 2.24) is 24.6 Å². The van der Waals surface area contributed by atoms with E-state index in [0.717, 1.165) is 36.2 Å². The van der Waals surface area contributed by atoms with E-state index in [-0.39, 0.29) is 12.0 Å². The van der Waals surface area contributed by atoms with Crippen LogP contribution in [0.5, 0.6) is 6.01 Å². The standard InChI is InChI=1S/C22H25N5O2/c1-3-17-12-23-22(24-13-17)29-19-10-7-11-26(15-19)21(28)20-14-25-27(16(20)2)18-8-5-4-6-9-18/h4-6,8-9,12-14,19H,3,7,10-11,15H2,1-2H3. The van der Waals surface area contributed by atoms with Gasteiger partial charge in [0.25, 0.3) is 5.91 Å². The smallest absolute Gasteiger partial charge is 0.316 e. The summed E-state index contributed by atoms with van der Waals surface area (Å²) in [4.78, 5) is 23.5. The Kier molecular flexibility index (Phi) is 5.55. The Labute approximate surface area is 170 Å². The molecule has 2 aromatic heterocycles. The van der Waals surface area contributed by atoms with Gasteiger partial charge in [0.2, 0.25) is 0 Å². The number of rotatable bonds is 5. The third-order valence-electron chi connectivity index (χ3n) is 5.27. The summed E-state index contributed by atoms with van der Waals surface area (Å²) < 4.78 is 7.74. The molecule has 0 N–H and O–H groups in total. The third kappa shape index (κ3) is 4.13. The summed E-state index contributed by atoms with van der Waals surface area (Å²) in [5.41, 5.74) is 3.47. The lowest BCUT2D eigenvalue weighted by atomic mass is 10.1. The van der Waals surface area contributed by atoms with Crippen LogP contribution in [0.1, 0.15) is 41.4 Å². The first-order chi connectivity index (χ1) is 14.2. The summed E-state index contributed by atoms with van der Waals surface area (Å²) in [6.45, 7) is 5.22. The van der Waals surface area contributed by atoms with Gasteiger partial charge in [0.1, 0.15) is 6.10 Å². The number of aryl methyl sites for hydroxylation is 1. The van der Waals surface area contributed by atoms with Crippen LogP contribution in [0, 0.1) is 6.92 Å². The molecule has 7 nitrogen and oxygen atoms in total. The van der Waals surface area contributed by atoms with E-state index in [1.807, 2.05) is 42.2 Å². The summed E-state index contributed by atoms with van der Waals surface area (Å²) >= 11 is 0. The van der Waals surface area contributed by atoms with E-state index in [0.29, 0.717) is 24.7 Å².